The number of nitrogens with zero attached hydrogens (tertiary/aromatic N) is 1. The first kappa shape index (κ1) is 17.6. The molecule has 0 saturated carbocycles. The molecule has 1 saturated heterocycles. The highest BCUT2D eigenvalue weighted by molar-refractivity contribution is 6.31. The molecule has 2 aromatic rings. The van der Waals surface area contributed by atoms with E-state index in [1.807, 2.05) is 24.3 Å². The Hall–Kier alpha value is -2.24. The molecule has 0 bridgehead atoms. The van der Waals surface area contributed by atoms with E-state index in [-0.39, 0.29) is 18.6 Å². The van der Waals surface area contributed by atoms with Crippen molar-refractivity contribution >= 4 is 17.5 Å². The average Bonchev–Trinajstić information content (AvgIpc) is 2.60. The summed E-state index contributed by atoms with van der Waals surface area (Å²) in [5.74, 6) is 1.34. The molecule has 0 aliphatic carbocycles. The molecule has 1 aliphatic rings. The summed E-state index contributed by atoms with van der Waals surface area (Å²) in [5, 5.41) is 0.697. The highest BCUT2D eigenvalue weighted by atomic mass is 35.5. The summed E-state index contributed by atoms with van der Waals surface area (Å²) in [5.41, 5.74) is 0.955. The van der Waals surface area contributed by atoms with Crippen LogP contribution in [0.4, 0.5) is 0 Å². The summed E-state index contributed by atoms with van der Waals surface area (Å²) in [6.45, 7) is 1.63. The van der Waals surface area contributed by atoms with Crippen LogP contribution >= 0.6 is 11.6 Å². The standard InChI is InChI=1S/C19H20ClNO4/c1-23-15-6-8-16(9-7-15)25-13-19(22)21-10-17(11-21)24-12-14-4-2-3-5-18(14)20/h2-9,17H,10-13H2,1H3. The van der Waals surface area contributed by atoms with E-state index in [1.54, 1.807) is 36.3 Å². The van der Waals surface area contributed by atoms with Gasteiger partial charge in [0, 0.05) is 18.1 Å². The van der Waals surface area contributed by atoms with Gasteiger partial charge in [-0.05, 0) is 35.9 Å². The van der Waals surface area contributed by atoms with Crippen LogP contribution in [0.15, 0.2) is 48.5 Å². The van der Waals surface area contributed by atoms with Crippen molar-refractivity contribution in [2.75, 3.05) is 26.8 Å². The van der Waals surface area contributed by atoms with Crippen LogP contribution < -0.4 is 9.47 Å². The van der Waals surface area contributed by atoms with Crippen molar-refractivity contribution in [3.63, 3.8) is 0 Å². The highest BCUT2D eigenvalue weighted by Crippen LogP contribution is 2.20. The van der Waals surface area contributed by atoms with E-state index in [2.05, 4.69) is 0 Å². The van der Waals surface area contributed by atoms with Gasteiger partial charge in [0.2, 0.25) is 0 Å². The summed E-state index contributed by atoms with van der Waals surface area (Å²) in [7, 11) is 1.60. The molecule has 5 nitrogen and oxygen atoms in total. The molecule has 1 fully saturated rings. The van der Waals surface area contributed by atoms with Crippen molar-refractivity contribution in [2.24, 2.45) is 0 Å². The summed E-state index contributed by atoms with van der Waals surface area (Å²) >= 11 is 6.10. The first-order valence-electron chi connectivity index (χ1n) is 8.05. The number of methoxy groups -OCH3 is 1. The maximum absolute atomic E-state index is 12.1. The zero-order chi connectivity index (χ0) is 17.6. The summed E-state index contributed by atoms with van der Waals surface area (Å²) in [4.78, 5) is 13.8. The van der Waals surface area contributed by atoms with Crippen LogP contribution in [0.1, 0.15) is 5.56 Å². The number of hydrogen-bond donors (Lipinski definition) is 0. The Morgan fingerprint density at radius 2 is 1.80 bits per heavy atom. The van der Waals surface area contributed by atoms with Gasteiger partial charge in [0.05, 0.1) is 19.8 Å². The van der Waals surface area contributed by atoms with Crippen molar-refractivity contribution < 1.29 is 19.0 Å². The molecule has 3 rings (SSSR count). The molecule has 0 spiro atoms. The predicted octanol–water partition coefficient (Wildman–Crippen LogP) is 3.16. The minimum absolute atomic E-state index is 0.0174. The van der Waals surface area contributed by atoms with Crippen molar-refractivity contribution in [1.29, 1.82) is 0 Å². The van der Waals surface area contributed by atoms with E-state index in [1.165, 1.54) is 0 Å². The molecular formula is C19H20ClNO4. The molecule has 0 unspecified atom stereocenters. The van der Waals surface area contributed by atoms with E-state index < -0.39 is 0 Å². The van der Waals surface area contributed by atoms with Crippen LogP contribution in [0, 0.1) is 0 Å². The van der Waals surface area contributed by atoms with Gasteiger partial charge >= 0.3 is 0 Å². The second kappa shape index (κ2) is 8.23. The van der Waals surface area contributed by atoms with Crippen LogP contribution in [-0.2, 0) is 16.1 Å². The Morgan fingerprint density at radius 3 is 2.48 bits per heavy atom. The molecular weight excluding hydrogens is 342 g/mol. The van der Waals surface area contributed by atoms with Gasteiger partial charge in [-0.15, -0.1) is 0 Å². The number of amides is 1. The zero-order valence-corrected chi connectivity index (χ0v) is 14.7. The molecule has 2 aromatic carbocycles. The first-order chi connectivity index (χ1) is 12.2. The first-order valence-corrected chi connectivity index (χ1v) is 8.43. The number of rotatable bonds is 7. The number of carbonyl (C=O) groups excluding carboxylic acids is 1. The minimum atomic E-state index is -0.0478. The van der Waals surface area contributed by atoms with Gasteiger partial charge in [0.1, 0.15) is 11.5 Å². The Kier molecular flexibility index (Phi) is 5.79. The Morgan fingerprint density at radius 1 is 1.12 bits per heavy atom. The number of halogens is 1. The maximum atomic E-state index is 12.1. The van der Waals surface area contributed by atoms with Crippen LogP contribution in [0.25, 0.3) is 0 Å². The monoisotopic (exact) mass is 361 g/mol. The molecule has 0 N–H and O–H groups in total. The quantitative estimate of drug-likeness (QED) is 0.760. The number of likely N-dealkylation sites (tertiary alicyclic amines) is 1. The third kappa shape index (κ3) is 4.65. The maximum Gasteiger partial charge on any atom is 0.260 e. The summed E-state index contributed by atoms with van der Waals surface area (Å²) in [6, 6.07) is 14.7. The van der Waals surface area contributed by atoms with Gasteiger partial charge in [0.25, 0.3) is 5.91 Å². The number of ether oxygens (including phenoxy) is 3. The van der Waals surface area contributed by atoms with Crippen molar-refractivity contribution in [2.45, 2.75) is 12.7 Å². The minimum Gasteiger partial charge on any atom is -0.497 e. The summed E-state index contributed by atoms with van der Waals surface area (Å²) < 4.78 is 16.4. The van der Waals surface area contributed by atoms with E-state index in [0.717, 1.165) is 11.3 Å². The average molecular weight is 362 g/mol. The van der Waals surface area contributed by atoms with Crippen LogP contribution in [0.2, 0.25) is 5.02 Å². The zero-order valence-electron chi connectivity index (χ0n) is 14.0. The van der Waals surface area contributed by atoms with Gasteiger partial charge in [-0.2, -0.15) is 0 Å². The lowest BCUT2D eigenvalue weighted by molar-refractivity contribution is -0.148. The highest BCUT2D eigenvalue weighted by Gasteiger charge is 2.31. The van der Waals surface area contributed by atoms with Crippen molar-refractivity contribution in [3.8, 4) is 11.5 Å². The fraction of sp³-hybridized carbons (Fsp3) is 0.316. The molecule has 25 heavy (non-hydrogen) atoms. The summed E-state index contributed by atoms with van der Waals surface area (Å²) in [6.07, 6.45) is 0.0428. The molecule has 0 radical (unpaired) electrons. The lowest BCUT2D eigenvalue weighted by Gasteiger charge is -2.38. The molecule has 1 aliphatic heterocycles. The Bertz CT molecular complexity index is 714. The van der Waals surface area contributed by atoms with Crippen LogP contribution in [-0.4, -0.2) is 43.7 Å². The third-order valence-corrected chi connectivity index (χ3v) is 4.42. The fourth-order valence-corrected chi connectivity index (χ4v) is 2.67. The normalized spacial score (nSPS) is 14.1. The molecule has 0 aromatic heterocycles. The SMILES string of the molecule is COc1ccc(OCC(=O)N2CC(OCc3ccccc3Cl)C2)cc1. The van der Waals surface area contributed by atoms with Crippen LogP contribution in [0.3, 0.4) is 0 Å². The van der Waals surface area contributed by atoms with E-state index in [4.69, 9.17) is 25.8 Å². The number of benzene rings is 2. The van der Waals surface area contributed by atoms with Gasteiger partial charge in [-0.25, -0.2) is 0 Å². The van der Waals surface area contributed by atoms with Gasteiger partial charge in [-0.3, -0.25) is 4.79 Å². The molecule has 0 atom stereocenters. The smallest absolute Gasteiger partial charge is 0.260 e. The fourth-order valence-electron chi connectivity index (χ4n) is 2.48. The topological polar surface area (TPSA) is 48.0 Å². The second-order valence-corrected chi connectivity index (χ2v) is 6.19. The van der Waals surface area contributed by atoms with Gasteiger partial charge in [0.15, 0.2) is 6.61 Å². The third-order valence-electron chi connectivity index (χ3n) is 4.05. The Labute approximate surface area is 152 Å². The van der Waals surface area contributed by atoms with Crippen LogP contribution in [0.5, 0.6) is 11.5 Å². The van der Waals surface area contributed by atoms with Gasteiger partial charge < -0.3 is 19.1 Å². The Balaban J connectivity index is 1.37. The molecule has 132 valence electrons. The number of hydrogen-bond acceptors (Lipinski definition) is 4. The second-order valence-electron chi connectivity index (χ2n) is 5.79. The van der Waals surface area contributed by atoms with E-state index in [9.17, 15) is 4.79 Å². The van der Waals surface area contributed by atoms with E-state index in [0.29, 0.717) is 30.5 Å². The van der Waals surface area contributed by atoms with E-state index >= 15 is 0 Å². The molecule has 6 heteroatoms. The van der Waals surface area contributed by atoms with Crippen molar-refractivity contribution in [1.82, 2.24) is 4.90 Å². The van der Waals surface area contributed by atoms with Crippen molar-refractivity contribution in [3.05, 3.63) is 59.1 Å². The number of carbonyl (C=O) groups is 1. The molecule has 1 heterocycles. The van der Waals surface area contributed by atoms with Gasteiger partial charge in [-0.1, -0.05) is 29.8 Å². The lowest BCUT2D eigenvalue weighted by Crippen LogP contribution is -2.55. The predicted molar refractivity (Wildman–Crippen MR) is 95.1 cm³/mol. The largest absolute Gasteiger partial charge is 0.497 e. The molecule has 1 amide bonds. The lowest BCUT2D eigenvalue weighted by atomic mass is 10.1.